The van der Waals surface area contributed by atoms with Crippen molar-refractivity contribution in [2.75, 3.05) is 6.54 Å². The molecule has 0 bridgehead atoms. The Bertz CT molecular complexity index is 1130. The molecule has 0 saturated heterocycles. The Morgan fingerprint density at radius 1 is 1.11 bits per heavy atom. The second-order valence-electron chi connectivity index (χ2n) is 6.54. The number of carbonyl (C=O) groups is 1. The Morgan fingerprint density at radius 3 is 2.81 bits per heavy atom. The summed E-state index contributed by atoms with van der Waals surface area (Å²) in [7, 11) is 0. The molecule has 0 fully saturated rings. The van der Waals surface area contributed by atoms with E-state index in [-0.39, 0.29) is 11.9 Å². The Balaban J connectivity index is 1.46. The van der Waals surface area contributed by atoms with Gasteiger partial charge >= 0.3 is 0 Å². The lowest BCUT2D eigenvalue weighted by atomic mass is 10.1. The third-order valence-corrected chi connectivity index (χ3v) is 4.91. The minimum absolute atomic E-state index is 0.0459. The predicted octanol–water partition coefficient (Wildman–Crippen LogP) is 2.20. The summed E-state index contributed by atoms with van der Waals surface area (Å²) >= 11 is 0. The van der Waals surface area contributed by atoms with Crippen LogP contribution in [-0.4, -0.2) is 46.7 Å². The van der Waals surface area contributed by atoms with Gasteiger partial charge in [-0.05, 0) is 19.1 Å². The van der Waals surface area contributed by atoms with Gasteiger partial charge < -0.3 is 4.90 Å². The third kappa shape index (κ3) is 2.57. The number of benzene rings is 1. The zero-order valence-corrected chi connectivity index (χ0v) is 14.7. The van der Waals surface area contributed by atoms with Crippen LogP contribution >= 0.6 is 0 Å². The minimum Gasteiger partial charge on any atom is -0.327 e. The first-order valence-electron chi connectivity index (χ1n) is 8.81. The van der Waals surface area contributed by atoms with E-state index in [1.807, 2.05) is 46.8 Å². The van der Waals surface area contributed by atoms with E-state index in [1.165, 1.54) is 6.33 Å². The number of carbonyl (C=O) groups excluding carboxylic acids is 1. The van der Waals surface area contributed by atoms with Crippen LogP contribution in [0.5, 0.6) is 0 Å². The van der Waals surface area contributed by atoms with E-state index in [2.05, 4.69) is 15.2 Å². The number of nitrogens with zero attached hydrogens (tertiary/aromatic N) is 7. The van der Waals surface area contributed by atoms with Crippen molar-refractivity contribution in [1.82, 2.24) is 34.3 Å². The fraction of sp³-hybridized carbons (Fsp3) is 0.211. The molecule has 1 aromatic carbocycles. The average Bonchev–Trinajstić information content (AvgIpc) is 3.35. The van der Waals surface area contributed by atoms with Gasteiger partial charge in [0.2, 0.25) is 0 Å². The van der Waals surface area contributed by atoms with Crippen LogP contribution in [-0.2, 0) is 6.54 Å². The van der Waals surface area contributed by atoms with Crippen molar-refractivity contribution < 1.29 is 4.79 Å². The Morgan fingerprint density at radius 2 is 1.96 bits per heavy atom. The van der Waals surface area contributed by atoms with E-state index in [0.29, 0.717) is 30.1 Å². The van der Waals surface area contributed by atoms with Crippen molar-refractivity contribution >= 4 is 11.6 Å². The molecule has 3 aromatic heterocycles. The number of pyridine rings is 1. The molecule has 1 aliphatic heterocycles. The fourth-order valence-corrected chi connectivity index (χ4v) is 3.46. The summed E-state index contributed by atoms with van der Waals surface area (Å²) in [5, 5.41) is 8.72. The fourth-order valence-electron chi connectivity index (χ4n) is 3.46. The highest BCUT2D eigenvalue weighted by atomic mass is 16.2. The van der Waals surface area contributed by atoms with Crippen molar-refractivity contribution in [3.63, 3.8) is 0 Å². The number of amides is 1. The SMILES string of the molecule is C[C@H]1c2nc(-c3ccccc3)nn2CCN1C(=O)c1ccc2ncnn2c1. The van der Waals surface area contributed by atoms with Crippen molar-refractivity contribution in [2.45, 2.75) is 19.5 Å². The predicted molar refractivity (Wildman–Crippen MR) is 97.9 cm³/mol. The largest absolute Gasteiger partial charge is 0.327 e. The van der Waals surface area contributed by atoms with E-state index in [9.17, 15) is 4.79 Å². The number of fused-ring (bicyclic) bond motifs is 2. The van der Waals surface area contributed by atoms with E-state index < -0.39 is 0 Å². The van der Waals surface area contributed by atoms with E-state index >= 15 is 0 Å². The summed E-state index contributed by atoms with van der Waals surface area (Å²) in [6, 6.07) is 13.3. The summed E-state index contributed by atoms with van der Waals surface area (Å²) in [5.74, 6) is 1.45. The lowest BCUT2D eigenvalue weighted by molar-refractivity contribution is 0.0630. The van der Waals surface area contributed by atoms with Crippen LogP contribution in [0.25, 0.3) is 17.0 Å². The number of rotatable bonds is 2. The molecule has 1 atom stereocenters. The van der Waals surface area contributed by atoms with Crippen molar-refractivity contribution in [3.8, 4) is 11.4 Å². The van der Waals surface area contributed by atoms with Crippen LogP contribution in [0.15, 0.2) is 55.0 Å². The van der Waals surface area contributed by atoms with Gasteiger partial charge in [-0.3, -0.25) is 4.79 Å². The zero-order chi connectivity index (χ0) is 18.4. The van der Waals surface area contributed by atoms with Crippen molar-refractivity contribution in [1.29, 1.82) is 0 Å². The lowest BCUT2D eigenvalue weighted by Crippen LogP contribution is -2.41. The maximum Gasteiger partial charge on any atom is 0.256 e. The van der Waals surface area contributed by atoms with Crippen LogP contribution in [0, 0.1) is 0 Å². The van der Waals surface area contributed by atoms with Crippen LogP contribution in [0.3, 0.4) is 0 Å². The Hall–Kier alpha value is -3.55. The summed E-state index contributed by atoms with van der Waals surface area (Å²) in [6.07, 6.45) is 3.19. The zero-order valence-electron chi connectivity index (χ0n) is 14.7. The monoisotopic (exact) mass is 359 g/mol. The molecular weight excluding hydrogens is 342 g/mol. The van der Waals surface area contributed by atoms with Crippen LogP contribution in [0.2, 0.25) is 0 Å². The number of hydrogen-bond donors (Lipinski definition) is 0. The molecule has 4 heterocycles. The molecule has 8 heteroatoms. The molecular formula is C19H17N7O. The minimum atomic E-state index is -0.164. The van der Waals surface area contributed by atoms with E-state index in [1.54, 1.807) is 22.8 Å². The highest BCUT2D eigenvalue weighted by Gasteiger charge is 2.31. The molecule has 0 radical (unpaired) electrons. The molecule has 4 aromatic rings. The lowest BCUT2D eigenvalue weighted by Gasteiger charge is -2.32. The molecule has 0 spiro atoms. The molecule has 0 saturated carbocycles. The van der Waals surface area contributed by atoms with E-state index in [4.69, 9.17) is 4.98 Å². The van der Waals surface area contributed by atoms with Crippen LogP contribution < -0.4 is 0 Å². The summed E-state index contributed by atoms with van der Waals surface area (Å²) in [6.45, 7) is 3.19. The van der Waals surface area contributed by atoms with Gasteiger partial charge in [-0.25, -0.2) is 19.2 Å². The number of aromatic nitrogens is 6. The van der Waals surface area contributed by atoms with Gasteiger partial charge in [0.15, 0.2) is 11.5 Å². The molecule has 5 rings (SSSR count). The molecule has 8 nitrogen and oxygen atoms in total. The molecule has 27 heavy (non-hydrogen) atoms. The molecule has 1 amide bonds. The second kappa shape index (κ2) is 6.01. The van der Waals surface area contributed by atoms with Gasteiger partial charge in [-0.15, -0.1) is 0 Å². The Kier molecular flexibility index (Phi) is 3.49. The summed E-state index contributed by atoms with van der Waals surface area (Å²) in [4.78, 5) is 23.7. The molecule has 0 unspecified atom stereocenters. The first-order chi connectivity index (χ1) is 13.2. The maximum absolute atomic E-state index is 13.1. The van der Waals surface area contributed by atoms with Gasteiger partial charge in [-0.2, -0.15) is 10.2 Å². The first kappa shape index (κ1) is 15.7. The van der Waals surface area contributed by atoms with Crippen molar-refractivity contribution in [2.24, 2.45) is 0 Å². The quantitative estimate of drug-likeness (QED) is 0.548. The molecule has 0 N–H and O–H groups in total. The van der Waals surface area contributed by atoms with Gasteiger partial charge in [0.05, 0.1) is 18.2 Å². The van der Waals surface area contributed by atoms with Crippen LogP contribution in [0.4, 0.5) is 0 Å². The average molecular weight is 359 g/mol. The highest BCUT2D eigenvalue weighted by Crippen LogP contribution is 2.27. The first-order valence-corrected chi connectivity index (χ1v) is 8.81. The van der Waals surface area contributed by atoms with Gasteiger partial charge in [0, 0.05) is 18.3 Å². The second-order valence-corrected chi connectivity index (χ2v) is 6.54. The standard InChI is InChI=1S/C19H17N7O/c1-13-18-22-17(14-5-3-2-4-6-14)23-25(18)10-9-24(13)19(27)15-7-8-16-20-12-21-26(16)11-15/h2-8,11-13H,9-10H2,1H3/t13-/m0/s1. The topological polar surface area (TPSA) is 81.2 Å². The molecule has 134 valence electrons. The van der Waals surface area contributed by atoms with E-state index in [0.717, 1.165) is 11.4 Å². The third-order valence-electron chi connectivity index (χ3n) is 4.91. The molecule has 0 aliphatic carbocycles. The normalized spacial score (nSPS) is 16.5. The van der Waals surface area contributed by atoms with Gasteiger partial charge in [0.25, 0.3) is 5.91 Å². The number of hydrogen-bond acceptors (Lipinski definition) is 5. The Labute approximate surface area is 155 Å². The highest BCUT2D eigenvalue weighted by molar-refractivity contribution is 5.94. The van der Waals surface area contributed by atoms with Crippen LogP contribution in [0.1, 0.15) is 29.1 Å². The maximum atomic E-state index is 13.1. The summed E-state index contributed by atoms with van der Waals surface area (Å²) < 4.78 is 3.51. The van der Waals surface area contributed by atoms with Gasteiger partial charge in [-0.1, -0.05) is 30.3 Å². The van der Waals surface area contributed by atoms with Gasteiger partial charge in [0.1, 0.15) is 12.2 Å². The van der Waals surface area contributed by atoms with Crippen molar-refractivity contribution in [3.05, 3.63) is 66.4 Å². The smallest absolute Gasteiger partial charge is 0.256 e. The molecule has 1 aliphatic rings. The summed E-state index contributed by atoms with van der Waals surface area (Å²) in [5.41, 5.74) is 2.27.